The number of aliphatic hydroxyl groups excluding tert-OH is 1. The van der Waals surface area contributed by atoms with Crippen LogP contribution in [0.25, 0.3) is 10.9 Å². The lowest BCUT2D eigenvalue weighted by Crippen LogP contribution is -2.48. The standard InChI is InChI=1S/C25H29FN4O4/c26-19-3-1-17-2-4-25(32)30(21(17)11-19)8-7-29-6-5-22(31)18(16-29)13-27-14-20-12-23-24(15-28-20)34-10-9-33-23/h1-4,11-12,15,18,22,27,31H,5-10,13-14,16H2/t18-,22+/m1/s1. The number of ether oxygens (including phenoxy) is 2. The number of likely N-dealkylation sites (tertiary alicyclic amines) is 1. The van der Waals surface area contributed by atoms with E-state index in [9.17, 15) is 14.3 Å². The topological polar surface area (TPSA) is 88.9 Å². The molecule has 34 heavy (non-hydrogen) atoms. The molecule has 0 radical (unpaired) electrons. The number of nitrogens with zero attached hydrogens (tertiary/aromatic N) is 3. The molecular weight excluding hydrogens is 439 g/mol. The van der Waals surface area contributed by atoms with Crippen LogP contribution in [0.1, 0.15) is 12.1 Å². The zero-order valence-electron chi connectivity index (χ0n) is 19.0. The van der Waals surface area contributed by atoms with E-state index in [-0.39, 0.29) is 23.4 Å². The van der Waals surface area contributed by atoms with Gasteiger partial charge < -0.3 is 29.4 Å². The van der Waals surface area contributed by atoms with Crippen molar-refractivity contribution in [3.63, 3.8) is 0 Å². The summed E-state index contributed by atoms with van der Waals surface area (Å²) in [5, 5.41) is 14.8. The first kappa shape index (κ1) is 22.8. The van der Waals surface area contributed by atoms with Gasteiger partial charge in [0.25, 0.3) is 5.56 Å². The van der Waals surface area contributed by atoms with Gasteiger partial charge in [-0.05, 0) is 36.1 Å². The Bertz CT molecular complexity index is 1220. The fourth-order valence-electron chi connectivity index (χ4n) is 4.70. The van der Waals surface area contributed by atoms with Crippen molar-refractivity contribution in [3.8, 4) is 11.5 Å². The predicted octanol–water partition coefficient (Wildman–Crippen LogP) is 1.78. The molecule has 3 aromatic rings. The lowest BCUT2D eigenvalue weighted by molar-refractivity contribution is 0.0257. The van der Waals surface area contributed by atoms with Crippen molar-refractivity contribution in [3.05, 3.63) is 64.5 Å². The summed E-state index contributed by atoms with van der Waals surface area (Å²) in [7, 11) is 0. The van der Waals surface area contributed by atoms with Gasteiger partial charge in [-0.1, -0.05) is 0 Å². The molecule has 8 nitrogen and oxygen atoms in total. The number of rotatable bonds is 7. The highest BCUT2D eigenvalue weighted by Crippen LogP contribution is 2.29. The first-order chi connectivity index (χ1) is 16.6. The molecule has 5 rings (SSSR count). The molecule has 0 saturated carbocycles. The predicted molar refractivity (Wildman–Crippen MR) is 126 cm³/mol. The molecule has 0 bridgehead atoms. The Kier molecular flexibility index (Phi) is 6.75. The number of fused-ring (bicyclic) bond motifs is 2. The van der Waals surface area contributed by atoms with E-state index in [1.54, 1.807) is 22.9 Å². The number of piperidine rings is 1. The van der Waals surface area contributed by atoms with Crippen LogP contribution in [-0.4, -0.2) is 65.1 Å². The number of nitrogens with one attached hydrogen (secondary N) is 1. The average Bonchev–Trinajstić information content (AvgIpc) is 2.85. The summed E-state index contributed by atoms with van der Waals surface area (Å²) < 4.78 is 26.5. The van der Waals surface area contributed by atoms with E-state index in [1.807, 2.05) is 6.07 Å². The van der Waals surface area contributed by atoms with Gasteiger partial charge in [-0.15, -0.1) is 0 Å². The Morgan fingerprint density at radius 3 is 2.82 bits per heavy atom. The highest BCUT2D eigenvalue weighted by Gasteiger charge is 2.27. The molecule has 9 heteroatoms. The Labute approximate surface area is 196 Å². The first-order valence-corrected chi connectivity index (χ1v) is 11.7. The monoisotopic (exact) mass is 468 g/mol. The van der Waals surface area contributed by atoms with Crippen LogP contribution in [0.4, 0.5) is 4.39 Å². The van der Waals surface area contributed by atoms with E-state index in [4.69, 9.17) is 9.47 Å². The van der Waals surface area contributed by atoms with Crippen molar-refractivity contribution in [2.75, 3.05) is 39.4 Å². The van der Waals surface area contributed by atoms with E-state index < -0.39 is 0 Å². The van der Waals surface area contributed by atoms with Crippen LogP contribution in [0.15, 0.2) is 47.4 Å². The molecule has 0 aliphatic carbocycles. The Morgan fingerprint density at radius 1 is 1.12 bits per heavy atom. The van der Waals surface area contributed by atoms with E-state index in [0.717, 1.165) is 24.2 Å². The van der Waals surface area contributed by atoms with Crippen molar-refractivity contribution in [2.45, 2.75) is 25.6 Å². The molecule has 2 aromatic heterocycles. The number of aromatic nitrogens is 2. The maximum Gasteiger partial charge on any atom is 0.251 e. The minimum absolute atomic E-state index is 0.0626. The van der Waals surface area contributed by atoms with Crippen LogP contribution in [0.2, 0.25) is 0 Å². The number of aliphatic hydroxyl groups is 1. The van der Waals surface area contributed by atoms with Crippen molar-refractivity contribution in [1.82, 2.24) is 19.8 Å². The smallest absolute Gasteiger partial charge is 0.251 e. The van der Waals surface area contributed by atoms with Gasteiger partial charge >= 0.3 is 0 Å². The normalized spacial score (nSPS) is 20.5. The Hall–Kier alpha value is -3.01. The minimum atomic E-state index is -0.383. The summed E-state index contributed by atoms with van der Waals surface area (Å²) in [5.41, 5.74) is 1.32. The fraction of sp³-hybridized carbons (Fsp3) is 0.440. The van der Waals surface area contributed by atoms with E-state index in [2.05, 4.69) is 15.2 Å². The minimum Gasteiger partial charge on any atom is -0.486 e. The van der Waals surface area contributed by atoms with Gasteiger partial charge in [0.1, 0.15) is 19.0 Å². The zero-order chi connectivity index (χ0) is 23.5. The lowest BCUT2D eigenvalue weighted by atomic mass is 9.94. The summed E-state index contributed by atoms with van der Waals surface area (Å²) in [4.78, 5) is 19.1. The van der Waals surface area contributed by atoms with Crippen molar-refractivity contribution < 1.29 is 19.0 Å². The molecule has 0 spiro atoms. The van der Waals surface area contributed by atoms with Gasteiger partial charge in [0.15, 0.2) is 11.5 Å². The van der Waals surface area contributed by atoms with Crippen molar-refractivity contribution >= 4 is 10.9 Å². The molecular formula is C25H29FN4O4. The average molecular weight is 469 g/mol. The molecule has 1 aromatic carbocycles. The van der Waals surface area contributed by atoms with Gasteiger partial charge in [0.2, 0.25) is 0 Å². The molecule has 1 fully saturated rings. The van der Waals surface area contributed by atoms with E-state index in [1.165, 1.54) is 18.2 Å². The second-order valence-electron chi connectivity index (χ2n) is 8.89. The maximum atomic E-state index is 13.8. The van der Waals surface area contributed by atoms with Crippen LogP contribution in [0, 0.1) is 11.7 Å². The zero-order valence-corrected chi connectivity index (χ0v) is 19.0. The van der Waals surface area contributed by atoms with Crippen LogP contribution >= 0.6 is 0 Å². The number of halogens is 1. The second kappa shape index (κ2) is 10.1. The lowest BCUT2D eigenvalue weighted by Gasteiger charge is -2.36. The van der Waals surface area contributed by atoms with Crippen molar-refractivity contribution in [1.29, 1.82) is 0 Å². The van der Waals surface area contributed by atoms with Gasteiger partial charge in [-0.25, -0.2) is 4.39 Å². The summed E-state index contributed by atoms with van der Waals surface area (Å²) in [6, 6.07) is 9.64. The van der Waals surface area contributed by atoms with Gasteiger partial charge in [0, 0.05) is 57.3 Å². The quantitative estimate of drug-likeness (QED) is 0.547. The number of hydrogen-bond acceptors (Lipinski definition) is 7. The molecule has 4 heterocycles. The molecule has 2 N–H and O–H groups in total. The highest BCUT2D eigenvalue weighted by molar-refractivity contribution is 5.78. The Morgan fingerprint density at radius 2 is 1.94 bits per heavy atom. The first-order valence-electron chi connectivity index (χ1n) is 11.7. The van der Waals surface area contributed by atoms with Crippen LogP contribution in [-0.2, 0) is 13.1 Å². The van der Waals surface area contributed by atoms with Crippen LogP contribution < -0.4 is 20.3 Å². The fourth-order valence-corrected chi connectivity index (χ4v) is 4.70. The summed E-state index contributed by atoms with van der Waals surface area (Å²) in [6.07, 6.45) is 1.98. The van der Waals surface area contributed by atoms with Crippen LogP contribution in [0.5, 0.6) is 11.5 Å². The third-order valence-electron chi connectivity index (χ3n) is 6.57. The number of benzene rings is 1. The third-order valence-corrected chi connectivity index (χ3v) is 6.57. The summed E-state index contributed by atoms with van der Waals surface area (Å²) in [6.45, 7) is 4.89. The van der Waals surface area contributed by atoms with Crippen LogP contribution in [0.3, 0.4) is 0 Å². The molecule has 2 atom stereocenters. The molecule has 2 aliphatic rings. The maximum absolute atomic E-state index is 13.8. The molecule has 2 aliphatic heterocycles. The molecule has 1 saturated heterocycles. The third kappa shape index (κ3) is 5.06. The summed E-state index contributed by atoms with van der Waals surface area (Å²) >= 11 is 0. The summed E-state index contributed by atoms with van der Waals surface area (Å²) in [5.74, 6) is 1.09. The Balaban J connectivity index is 1.17. The van der Waals surface area contributed by atoms with E-state index in [0.29, 0.717) is 62.8 Å². The van der Waals surface area contributed by atoms with E-state index >= 15 is 0 Å². The number of pyridine rings is 2. The van der Waals surface area contributed by atoms with Gasteiger partial charge in [0.05, 0.1) is 23.5 Å². The SMILES string of the molecule is O=c1ccc2ccc(F)cc2n1CCN1CC[C@H](O)[C@H](CNCc2cc3c(cn2)OCCO3)C1. The van der Waals surface area contributed by atoms with Gasteiger partial charge in [-0.3, -0.25) is 9.78 Å². The number of hydrogen-bond donors (Lipinski definition) is 2. The molecule has 0 unspecified atom stereocenters. The molecule has 0 amide bonds. The largest absolute Gasteiger partial charge is 0.486 e. The van der Waals surface area contributed by atoms with Crippen molar-refractivity contribution in [2.24, 2.45) is 5.92 Å². The van der Waals surface area contributed by atoms with Gasteiger partial charge in [-0.2, -0.15) is 0 Å². The highest BCUT2D eigenvalue weighted by atomic mass is 19.1. The second-order valence-corrected chi connectivity index (χ2v) is 8.89. The molecule has 180 valence electrons.